The predicted octanol–water partition coefficient (Wildman–Crippen LogP) is 2.30. The molecule has 0 amide bonds. The number of hydrazine groups is 1. The van der Waals surface area contributed by atoms with E-state index in [4.69, 9.17) is 19.9 Å². The summed E-state index contributed by atoms with van der Waals surface area (Å²) in [6.45, 7) is 0. The van der Waals surface area contributed by atoms with Crippen molar-refractivity contribution in [2.45, 2.75) is 18.2 Å². The van der Waals surface area contributed by atoms with E-state index >= 15 is 0 Å². The largest absolute Gasteiger partial charge is 0.497 e. The van der Waals surface area contributed by atoms with Crippen molar-refractivity contribution < 1.29 is 14.2 Å². The number of nitriles is 1. The second-order valence-electron chi connectivity index (χ2n) is 6.77. The summed E-state index contributed by atoms with van der Waals surface area (Å²) in [4.78, 5) is 0. The molecule has 4 rings (SSSR count). The van der Waals surface area contributed by atoms with Gasteiger partial charge < -0.3 is 19.9 Å². The highest BCUT2D eigenvalue weighted by molar-refractivity contribution is 5.50. The van der Waals surface area contributed by atoms with Gasteiger partial charge in [0.25, 0.3) is 0 Å². The number of ether oxygens (including phenoxy) is 3. The second kappa shape index (κ2) is 7.43. The molecule has 7 heteroatoms. The van der Waals surface area contributed by atoms with Gasteiger partial charge in [0, 0.05) is 23.5 Å². The lowest BCUT2D eigenvalue weighted by atomic mass is 9.74. The van der Waals surface area contributed by atoms with Gasteiger partial charge in [0.05, 0.1) is 25.8 Å². The van der Waals surface area contributed by atoms with Gasteiger partial charge in [-0.2, -0.15) is 5.26 Å². The Balaban J connectivity index is 1.86. The Morgan fingerprint density at radius 3 is 2.54 bits per heavy atom. The molecule has 7 nitrogen and oxygen atoms in total. The molecule has 4 unspecified atom stereocenters. The van der Waals surface area contributed by atoms with Crippen molar-refractivity contribution in [1.82, 2.24) is 10.9 Å². The van der Waals surface area contributed by atoms with Crippen LogP contribution in [-0.2, 0) is 4.74 Å². The minimum absolute atomic E-state index is 0.0699. The van der Waals surface area contributed by atoms with Crippen molar-refractivity contribution in [2.75, 3.05) is 14.2 Å². The highest BCUT2D eigenvalue weighted by Crippen LogP contribution is 2.49. The zero-order valence-corrected chi connectivity index (χ0v) is 15.7. The first-order valence-corrected chi connectivity index (χ1v) is 9.02. The first-order chi connectivity index (χ1) is 13.7. The summed E-state index contributed by atoms with van der Waals surface area (Å²) in [6.07, 6.45) is -0.376. The van der Waals surface area contributed by atoms with Gasteiger partial charge in [-0.15, -0.1) is 0 Å². The molecule has 2 aromatic carbocycles. The molecular formula is C21H22N4O3. The molecule has 0 saturated carbocycles. The van der Waals surface area contributed by atoms with Crippen LogP contribution in [0.15, 0.2) is 60.0 Å². The molecule has 0 spiro atoms. The number of nitrogens with two attached hydrogens (primary N) is 1. The molecule has 1 saturated heterocycles. The van der Waals surface area contributed by atoms with Crippen LogP contribution in [-0.4, -0.2) is 20.4 Å². The number of nitrogens with one attached hydrogen (secondary N) is 2. The molecular weight excluding hydrogens is 356 g/mol. The SMILES string of the molecule is COc1ccc(C2C(C#N)=C(N)OC3NNC(c4ccccc4)C32)c(OC)c1. The lowest BCUT2D eigenvalue weighted by molar-refractivity contribution is 0.0337. The Bertz CT molecular complexity index is 938. The summed E-state index contributed by atoms with van der Waals surface area (Å²) in [7, 11) is 3.21. The molecule has 0 bridgehead atoms. The van der Waals surface area contributed by atoms with Crippen LogP contribution in [0.4, 0.5) is 0 Å². The fourth-order valence-corrected chi connectivity index (χ4v) is 4.09. The van der Waals surface area contributed by atoms with E-state index in [1.807, 2.05) is 36.4 Å². The maximum absolute atomic E-state index is 9.86. The summed E-state index contributed by atoms with van der Waals surface area (Å²) < 4.78 is 16.8. The number of benzene rings is 2. The first-order valence-electron chi connectivity index (χ1n) is 9.02. The van der Waals surface area contributed by atoms with Gasteiger partial charge >= 0.3 is 0 Å². The van der Waals surface area contributed by atoms with Gasteiger partial charge in [0.1, 0.15) is 17.6 Å². The normalized spacial score (nSPS) is 26.2. The van der Waals surface area contributed by atoms with Crippen LogP contribution < -0.4 is 26.1 Å². The first kappa shape index (κ1) is 18.2. The molecule has 2 heterocycles. The van der Waals surface area contributed by atoms with Crippen molar-refractivity contribution in [3.8, 4) is 17.6 Å². The van der Waals surface area contributed by atoms with Crippen molar-refractivity contribution in [2.24, 2.45) is 11.7 Å². The number of hydrogen-bond acceptors (Lipinski definition) is 7. The average Bonchev–Trinajstić information content (AvgIpc) is 3.16. The van der Waals surface area contributed by atoms with E-state index in [0.29, 0.717) is 17.1 Å². The fourth-order valence-electron chi connectivity index (χ4n) is 4.09. The molecule has 2 aliphatic rings. The van der Waals surface area contributed by atoms with E-state index in [1.54, 1.807) is 14.2 Å². The molecule has 28 heavy (non-hydrogen) atoms. The predicted molar refractivity (Wildman–Crippen MR) is 103 cm³/mol. The fraction of sp³-hybridized carbons (Fsp3) is 0.286. The summed E-state index contributed by atoms with van der Waals surface area (Å²) in [6, 6.07) is 17.9. The van der Waals surface area contributed by atoms with Gasteiger partial charge in [-0.05, 0) is 11.6 Å². The molecule has 4 N–H and O–H groups in total. The number of nitrogens with zero attached hydrogens (tertiary/aromatic N) is 1. The Hall–Kier alpha value is -3.21. The van der Waals surface area contributed by atoms with E-state index < -0.39 is 0 Å². The van der Waals surface area contributed by atoms with Gasteiger partial charge in [-0.3, -0.25) is 0 Å². The lowest BCUT2D eigenvalue weighted by Gasteiger charge is -2.36. The second-order valence-corrected chi connectivity index (χ2v) is 6.77. The molecule has 1 fully saturated rings. The van der Waals surface area contributed by atoms with Crippen molar-refractivity contribution in [1.29, 1.82) is 5.26 Å². The highest BCUT2D eigenvalue weighted by Gasteiger charge is 2.49. The smallest absolute Gasteiger partial charge is 0.200 e. The molecule has 2 aromatic rings. The number of fused-ring (bicyclic) bond motifs is 1. The maximum Gasteiger partial charge on any atom is 0.200 e. The van der Waals surface area contributed by atoms with Crippen molar-refractivity contribution in [3.63, 3.8) is 0 Å². The van der Waals surface area contributed by atoms with Crippen LogP contribution in [0, 0.1) is 17.2 Å². The quantitative estimate of drug-likeness (QED) is 0.750. The average molecular weight is 378 g/mol. The Labute approximate surface area is 163 Å². The lowest BCUT2D eigenvalue weighted by Crippen LogP contribution is -2.41. The Morgan fingerprint density at radius 2 is 1.86 bits per heavy atom. The third-order valence-electron chi connectivity index (χ3n) is 5.39. The summed E-state index contributed by atoms with van der Waals surface area (Å²) in [5, 5.41) is 9.86. The van der Waals surface area contributed by atoms with Gasteiger partial charge in [-0.25, -0.2) is 10.9 Å². The van der Waals surface area contributed by atoms with Gasteiger partial charge in [-0.1, -0.05) is 36.4 Å². The van der Waals surface area contributed by atoms with Crippen LogP contribution in [0.5, 0.6) is 11.5 Å². The van der Waals surface area contributed by atoms with Crippen LogP contribution in [0.3, 0.4) is 0 Å². The van der Waals surface area contributed by atoms with E-state index in [-0.39, 0.29) is 30.0 Å². The summed E-state index contributed by atoms with van der Waals surface area (Å²) in [5.41, 5.74) is 15.0. The summed E-state index contributed by atoms with van der Waals surface area (Å²) in [5.74, 6) is 1.05. The summed E-state index contributed by atoms with van der Waals surface area (Å²) >= 11 is 0. The van der Waals surface area contributed by atoms with Gasteiger partial charge in [0.15, 0.2) is 6.23 Å². The number of allylic oxidation sites excluding steroid dienone is 1. The Morgan fingerprint density at radius 1 is 1.07 bits per heavy atom. The third-order valence-corrected chi connectivity index (χ3v) is 5.39. The van der Waals surface area contributed by atoms with E-state index in [0.717, 1.165) is 11.1 Å². The minimum Gasteiger partial charge on any atom is -0.497 e. The third kappa shape index (κ3) is 2.93. The topological polar surface area (TPSA) is 102 Å². The zero-order chi connectivity index (χ0) is 19.7. The van der Waals surface area contributed by atoms with Crippen molar-refractivity contribution in [3.05, 3.63) is 71.1 Å². The number of hydrogen-bond donors (Lipinski definition) is 3. The van der Waals surface area contributed by atoms with Crippen LogP contribution in [0.2, 0.25) is 0 Å². The molecule has 4 atom stereocenters. The number of methoxy groups -OCH3 is 2. The number of rotatable bonds is 4. The molecule has 0 aromatic heterocycles. The standard InChI is InChI=1S/C21H22N4O3/c1-26-13-8-9-14(16(10-13)27-2)17-15(11-22)20(23)28-21-18(17)19(24-25-21)12-6-4-3-5-7-12/h3-10,17-19,21,24-25H,23H2,1-2H3. The van der Waals surface area contributed by atoms with E-state index in [9.17, 15) is 5.26 Å². The van der Waals surface area contributed by atoms with Gasteiger partial charge in [0.2, 0.25) is 5.88 Å². The molecule has 2 aliphatic heterocycles. The maximum atomic E-state index is 9.86. The van der Waals surface area contributed by atoms with Crippen molar-refractivity contribution >= 4 is 0 Å². The van der Waals surface area contributed by atoms with Crippen LogP contribution in [0.1, 0.15) is 23.1 Å². The minimum atomic E-state index is -0.376. The molecule has 0 aliphatic carbocycles. The Kier molecular flexibility index (Phi) is 4.82. The van der Waals surface area contributed by atoms with E-state index in [1.165, 1.54) is 0 Å². The zero-order valence-electron chi connectivity index (χ0n) is 15.7. The van der Waals surface area contributed by atoms with E-state index in [2.05, 4.69) is 29.1 Å². The highest BCUT2D eigenvalue weighted by atomic mass is 16.5. The monoisotopic (exact) mass is 378 g/mol. The van der Waals surface area contributed by atoms with Crippen LogP contribution in [0.25, 0.3) is 0 Å². The molecule has 144 valence electrons. The molecule has 0 radical (unpaired) electrons. The van der Waals surface area contributed by atoms with Crippen LogP contribution >= 0.6 is 0 Å².